The second-order valence-electron chi connectivity index (χ2n) is 6.70. The van der Waals surface area contributed by atoms with Gasteiger partial charge in [0.15, 0.2) is 5.89 Å². The second-order valence-corrected chi connectivity index (χ2v) is 6.70. The third-order valence-electron chi connectivity index (χ3n) is 4.22. The molecular formula is C19H24N2O3. The lowest BCUT2D eigenvalue weighted by atomic mass is 9.93. The SMILES string of the molecule is Cc1nc(CC(C)C)oc1C(=O)NCC1CCOc2ccccc21. The summed E-state index contributed by atoms with van der Waals surface area (Å²) in [5, 5.41) is 2.99. The number of aryl methyl sites for hydroxylation is 1. The number of fused-ring (bicyclic) bond motifs is 1. The van der Waals surface area contributed by atoms with Crippen LogP contribution in [-0.4, -0.2) is 24.0 Å². The number of benzene rings is 1. The van der Waals surface area contributed by atoms with E-state index in [-0.39, 0.29) is 11.8 Å². The van der Waals surface area contributed by atoms with Gasteiger partial charge < -0.3 is 14.5 Å². The predicted molar refractivity (Wildman–Crippen MR) is 91.4 cm³/mol. The molecule has 0 spiro atoms. The van der Waals surface area contributed by atoms with E-state index >= 15 is 0 Å². The number of para-hydroxylation sites is 1. The van der Waals surface area contributed by atoms with E-state index in [2.05, 4.69) is 30.2 Å². The van der Waals surface area contributed by atoms with Gasteiger partial charge in [-0.05, 0) is 30.9 Å². The van der Waals surface area contributed by atoms with Gasteiger partial charge in [0, 0.05) is 18.9 Å². The highest BCUT2D eigenvalue weighted by atomic mass is 16.5. The van der Waals surface area contributed by atoms with E-state index in [0.717, 1.165) is 24.2 Å². The molecule has 128 valence electrons. The van der Waals surface area contributed by atoms with E-state index in [4.69, 9.17) is 9.15 Å². The van der Waals surface area contributed by atoms with Crippen LogP contribution in [-0.2, 0) is 6.42 Å². The molecule has 5 heteroatoms. The van der Waals surface area contributed by atoms with Gasteiger partial charge in [0.1, 0.15) is 5.75 Å². The fourth-order valence-corrected chi connectivity index (χ4v) is 3.02. The van der Waals surface area contributed by atoms with Gasteiger partial charge in [-0.15, -0.1) is 0 Å². The summed E-state index contributed by atoms with van der Waals surface area (Å²) in [4.78, 5) is 16.8. The van der Waals surface area contributed by atoms with Crippen molar-refractivity contribution in [1.82, 2.24) is 10.3 Å². The molecule has 0 radical (unpaired) electrons. The van der Waals surface area contributed by atoms with Crippen molar-refractivity contribution in [2.45, 2.75) is 39.5 Å². The lowest BCUT2D eigenvalue weighted by Gasteiger charge is -2.25. The molecule has 0 saturated heterocycles. The first-order valence-electron chi connectivity index (χ1n) is 8.50. The topological polar surface area (TPSA) is 64.4 Å². The highest BCUT2D eigenvalue weighted by Crippen LogP contribution is 2.32. The van der Waals surface area contributed by atoms with Crippen LogP contribution in [0, 0.1) is 12.8 Å². The van der Waals surface area contributed by atoms with Crippen LogP contribution in [0.15, 0.2) is 28.7 Å². The van der Waals surface area contributed by atoms with Crippen LogP contribution in [0.25, 0.3) is 0 Å². The molecule has 1 aromatic heterocycles. The minimum Gasteiger partial charge on any atom is -0.493 e. The Morgan fingerprint density at radius 2 is 2.17 bits per heavy atom. The lowest BCUT2D eigenvalue weighted by Crippen LogP contribution is -2.30. The third-order valence-corrected chi connectivity index (χ3v) is 4.22. The molecule has 1 aliphatic rings. The maximum Gasteiger partial charge on any atom is 0.289 e. The summed E-state index contributed by atoms with van der Waals surface area (Å²) in [6.07, 6.45) is 1.63. The van der Waals surface area contributed by atoms with E-state index in [9.17, 15) is 4.79 Å². The maximum absolute atomic E-state index is 12.4. The maximum atomic E-state index is 12.4. The van der Waals surface area contributed by atoms with Crippen molar-refractivity contribution < 1.29 is 13.9 Å². The molecule has 3 rings (SSSR count). The van der Waals surface area contributed by atoms with Crippen LogP contribution in [0.5, 0.6) is 5.75 Å². The Morgan fingerprint density at radius 1 is 1.38 bits per heavy atom. The first kappa shape index (κ1) is 16.6. The number of amides is 1. The first-order valence-corrected chi connectivity index (χ1v) is 8.50. The first-order chi connectivity index (χ1) is 11.5. The Hall–Kier alpha value is -2.30. The summed E-state index contributed by atoms with van der Waals surface area (Å²) >= 11 is 0. The summed E-state index contributed by atoms with van der Waals surface area (Å²) in [7, 11) is 0. The van der Waals surface area contributed by atoms with Gasteiger partial charge in [-0.2, -0.15) is 0 Å². The van der Waals surface area contributed by atoms with Crippen molar-refractivity contribution in [3.8, 4) is 5.75 Å². The Labute approximate surface area is 142 Å². The Kier molecular flexibility index (Phi) is 4.88. The molecule has 1 aromatic carbocycles. The molecule has 24 heavy (non-hydrogen) atoms. The normalized spacial score (nSPS) is 16.6. The minimum atomic E-state index is -0.195. The van der Waals surface area contributed by atoms with Gasteiger partial charge in [0.25, 0.3) is 5.91 Å². The quantitative estimate of drug-likeness (QED) is 0.912. The van der Waals surface area contributed by atoms with Crippen molar-refractivity contribution in [3.63, 3.8) is 0 Å². The third kappa shape index (κ3) is 3.61. The number of hydrogen-bond acceptors (Lipinski definition) is 4. The van der Waals surface area contributed by atoms with Crippen LogP contribution in [0.1, 0.15) is 53.9 Å². The summed E-state index contributed by atoms with van der Waals surface area (Å²) in [5.41, 5.74) is 1.80. The van der Waals surface area contributed by atoms with Gasteiger partial charge in [-0.25, -0.2) is 4.98 Å². The molecule has 1 N–H and O–H groups in total. The molecule has 0 fully saturated rings. The molecule has 2 heterocycles. The van der Waals surface area contributed by atoms with Gasteiger partial charge in [0.05, 0.1) is 12.3 Å². The number of rotatable bonds is 5. The number of oxazole rings is 1. The molecule has 1 atom stereocenters. The number of aromatic nitrogens is 1. The van der Waals surface area contributed by atoms with Crippen LogP contribution in [0.3, 0.4) is 0 Å². The van der Waals surface area contributed by atoms with Crippen LogP contribution >= 0.6 is 0 Å². The van der Waals surface area contributed by atoms with Crippen LogP contribution in [0.2, 0.25) is 0 Å². The van der Waals surface area contributed by atoms with Gasteiger partial charge in [0.2, 0.25) is 5.76 Å². The molecule has 5 nitrogen and oxygen atoms in total. The summed E-state index contributed by atoms with van der Waals surface area (Å²) in [5.74, 6) is 2.38. The van der Waals surface area contributed by atoms with Gasteiger partial charge in [-0.1, -0.05) is 32.0 Å². The summed E-state index contributed by atoms with van der Waals surface area (Å²) in [6, 6.07) is 8.00. The molecule has 1 amide bonds. The van der Waals surface area contributed by atoms with E-state index in [1.165, 1.54) is 0 Å². The Bertz CT molecular complexity index is 721. The number of nitrogens with one attached hydrogen (secondary N) is 1. The number of ether oxygens (including phenoxy) is 1. The van der Waals surface area contributed by atoms with Crippen molar-refractivity contribution in [2.75, 3.05) is 13.2 Å². The van der Waals surface area contributed by atoms with Gasteiger partial charge in [-0.3, -0.25) is 4.79 Å². The standard InChI is InChI=1S/C19H24N2O3/c1-12(2)10-17-21-13(3)18(24-17)19(22)20-11-14-8-9-23-16-7-5-4-6-15(14)16/h4-7,12,14H,8-11H2,1-3H3,(H,20,22). The molecule has 0 bridgehead atoms. The molecule has 2 aromatic rings. The number of carbonyl (C=O) groups is 1. The largest absolute Gasteiger partial charge is 0.493 e. The van der Waals surface area contributed by atoms with Crippen molar-refractivity contribution in [3.05, 3.63) is 47.2 Å². The smallest absolute Gasteiger partial charge is 0.289 e. The predicted octanol–water partition coefficient (Wildman–Crippen LogP) is 3.48. The van der Waals surface area contributed by atoms with Crippen molar-refractivity contribution >= 4 is 5.91 Å². The summed E-state index contributed by atoms with van der Waals surface area (Å²) < 4.78 is 11.3. The van der Waals surface area contributed by atoms with Crippen molar-refractivity contribution in [1.29, 1.82) is 0 Å². The Balaban J connectivity index is 1.65. The summed E-state index contributed by atoms with van der Waals surface area (Å²) in [6.45, 7) is 7.26. The zero-order chi connectivity index (χ0) is 17.1. The number of hydrogen-bond donors (Lipinski definition) is 1. The second kappa shape index (κ2) is 7.07. The fourth-order valence-electron chi connectivity index (χ4n) is 3.02. The van der Waals surface area contributed by atoms with E-state index in [1.54, 1.807) is 0 Å². The van der Waals surface area contributed by atoms with E-state index in [0.29, 0.717) is 36.4 Å². The number of nitrogens with zero attached hydrogens (tertiary/aromatic N) is 1. The zero-order valence-electron chi connectivity index (χ0n) is 14.5. The average molecular weight is 328 g/mol. The minimum absolute atomic E-state index is 0.195. The van der Waals surface area contributed by atoms with E-state index in [1.807, 2.05) is 25.1 Å². The lowest BCUT2D eigenvalue weighted by molar-refractivity contribution is 0.0917. The fraction of sp³-hybridized carbons (Fsp3) is 0.474. The molecule has 1 unspecified atom stereocenters. The average Bonchev–Trinajstić information content (AvgIpc) is 2.92. The monoisotopic (exact) mass is 328 g/mol. The highest BCUT2D eigenvalue weighted by Gasteiger charge is 2.23. The molecular weight excluding hydrogens is 304 g/mol. The zero-order valence-corrected chi connectivity index (χ0v) is 14.5. The number of carbonyl (C=O) groups excluding carboxylic acids is 1. The van der Waals surface area contributed by atoms with Crippen LogP contribution < -0.4 is 10.1 Å². The van der Waals surface area contributed by atoms with E-state index < -0.39 is 0 Å². The molecule has 1 aliphatic heterocycles. The molecule has 0 aliphatic carbocycles. The van der Waals surface area contributed by atoms with Crippen molar-refractivity contribution in [2.24, 2.45) is 5.92 Å². The Morgan fingerprint density at radius 3 is 2.96 bits per heavy atom. The van der Waals surface area contributed by atoms with Gasteiger partial charge >= 0.3 is 0 Å². The van der Waals surface area contributed by atoms with Crippen LogP contribution in [0.4, 0.5) is 0 Å². The highest BCUT2D eigenvalue weighted by molar-refractivity contribution is 5.92. The molecule has 0 saturated carbocycles.